The van der Waals surface area contributed by atoms with Crippen LogP contribution in [0.4, 0.5) is 0 Å². The summed E-state index contributed by atoms with van der Waals surface area (Å²) in [7, 11) is 1.57. The molecule has 0 saturated carbocycles. The van der Waals surface area contributed by atoms with Crippen LogP contribution in [0.3, 0.4) is 0 Å². The quantitative estimate of drug-likeness (QED) is 0.568. The van der Waals surface area contributed by atoms with Crippen LogP contribution in [-0.2, 0) is 11.3 Å². The molecular weight excluding hydrogens is 414 g/mol. The first-order chi connectivity index (χ1) is 13.1. The number of aromatic amines is 1. The van der Waals surface area contributed by atoms with Crippen LogP contribution in [0.5, 0.6) is 11.5 Å². The first-order valence-electron chi connectivity index (χ1n) is 8.26. The van der Waals surface area contributed by atoms with Crippen molar-refractivity contribution >= 4 is 21.9 Å². The average Bonchev–Trinajstić information content (AvgIpc) is 3.16. The van der Waals surface area contributed by atoms with Gasteiger partial charge in [0, 0.05) is 10.0 Å². The van der Waals surface area contributed by atoms with Crippen LogP contribution in [0.25, 0.3) is 11.3 Å². The number of carbonyl (C=O) groups is 1. The lowest BCUT2D eigenvalue weighted by molar-refractivity contribution is 0.0520. The zero-order chi connectivity index (χ0) is 19.2. The highest BCUT2D eigenvalue weighted by molar-refractivity contribution is 9.10. The van der Waals surface area contributed by atoms with E-state index < -0.39 is 5.97 Å². The standard InChI is InChI=1S/C19H18BrN3O4/c1-3-26-19(24)18-17(21-23-22-18)13-7-8-15(25-2)16(10-13)27-11-12-5-4-6-14(20)9-12/h4-10H,3,11H2,1-2H3,(H,21,22,23). The van der Waals surface area contributed by atoms with E-state index in [9.17, 15) is 4.79 Å². The van der Waals surface area contributed by atoms with Crippen molar-refractivity contribution < 1.29 is 19.0 Å². The van der Waals surface area contributed by atoms with Crippen molar-refractivity contribution in [1.29, 1.82) is 0 Å². The molecule has 1 aromatic heterocycles. The van der Waals surface area contributed by atoms with Crippen LogP contribution >= 0.6 is 15.9 Å². The van der Waals surface area contributed by atoms with Crippen molar-refractivity contribution in [2.45, 2.75) is 13.5 Å². The predicted molar refractivity (Wildman–Crippen MR) is 103 cm³/mol. The van der Waals surface area contributed by atoms with Gasteiger partial charge >= 0.3 is 5.97 Å². The van der Waals surface area contributed by atoms with Crippen molar-refractivity contribution in [2.75, 3.05) is 13.7 Å². The molecule has 7 nitrogen and oxygen atoms in total. The van der Waals surface area contributed by atoms with Gasteiger partial charge < -0.3 is 14.2 Å². The van der Waals surface area contributed by atoms with Crippen molar-refractivity contribution in [3.63, 3.8) is 0 Å². The third kappa shape index (κ3) is 4.46. The number of carbonyl (C=O) groups excluding carboxylic acids is 1. The number of halogens is 1. The van der Waals surface area contributed by atoms with Gasteiger partial charge in [0.25, 0.3) is 0 Å². The molecule has 0 aliphatic rings. The van der Waals surface area contributed by atoms with E-state index in [1.807, 2.05) is 24.3 Å². The van der Waals surface area contributed by atoms with E-state index in [1.165, 1.54) is 0 Å². The Kier molecular flexibility index (Phi) is 6.08. The summed E-state index contributed by atoms with van der Waals surface area (Å²) >= 11 is 3.45. The van der Waals surface area contributed by atoms with Gasteiger partial charge in [0.15, 0.2) is 17.2 Å². The minimum atomic E-state index is -0.534. The number of hydrogen-bond acceptors (Lipinski definition) is 6. The number of esters is 1. The summed E-state index contributed by atoms with van der Waals surface area (Å²) in [6, 6.07) is 13.1. The third-order valence-corrected chi connectivity index (χ3v) is 4.23. The summed E-state index contributed by atoms with van der Waals surface area (Å²) < 4.78 is 17.3. The number of aromatic nitrogens is 3. The lowest BCUT2D eigenvalue weighted by Crippen LogP contribution is -2.07. The normalized spacial score (nSPS) is 10.5. The zero-order valence-corrected chi connectivity index (χ0v) is 16.4. The molecule has 0 saturated heterocycles. The molecule has 0 bridgehead atoms. The molecule has 140 valence electrons. The summed E-state index contributed by atoms with van der Waals surface area (Å²) in [5.74, 6) is 0.580. The monoisotopic (exact) mass is 431 g/mol. The van der Waals surface area contributed by atoms with Crippen LogP contribution in [0.1, 0.15) is 23.0 Å². The molecule has 8 heteroatoms. The van der Waals surface area contributed by atoms with E-state index in [-0.39, 0.29) is 12.3 Å². The molecule has 0 spiro atoms. The number of ether oxygens (including phenoxy) is 3. The number of benzene rings is 2. The largest absolute Gasteiger partial charge is 0.493 e. The Hall–Kier alpha value is -2.87. The summed E-state index contributed by atoms with van der Waals surface area (Å²) in [4.78, 5) is 12.0. The van der Waals surface area contributed by atoms with E-state index in [0.29, 0.717) is 29.4 Å². The van der Waals surface area contributed by atoms with Gasteiger partial charge in [-0.2, -0.15) is 10.3 Å². The van der Waals surface area contributed by atoms with Crippen molar-refractivity contribution in [2.24, 2.45) is 0 Å². The molecule has 0 aliphatic heterocycles. The van der Waals surface area contributed by atoms with Crippen molar-refractivity contribution in [3.05, 3.63) is 58.2 Å². The van der Waals surface area contributed by atoms with E-state index >= 15 is 0 Å². The summed E-state index contributed by atoms with van der Waals surface area (Å²) in [6.07, 6.45) is 0. The SMILES string of the molecule is CCOC(=O)c1n[nH]nc1-c1ccc(OC)c(OCc2cccc(Br)c2)c1. The highest BCUT2D eigenvalue weighted by atomic mass is 79.9. The van der Waals surface area contributed by atoms with Crippen LogP contribution in [0.2, 0.25) is 0 Å². The Morgan fingerprint density at radius 1 is 1.15 bits per heavy atom. The van der Waals surface area contributed by atoms with Gasteiger partial charge in [-0.05, 0) is 42.8 Å². The van der Waals surface area contributed by atoms with Crippen LogP contribution in [0.15, 0.2) is 46.9 Å². The number of rotatable bonds is 7. The van der Waals surface area contributed by atoms with Gasteiger partial charge in [-0.15, -0.1) is 5.10 Å². The second kappa shape index (κ2) is 8.68. The molecule has 3 aromatic rings. The highest BCUT2D eigenvalue weighted by Gasteiger charge is 2.20. The first-order valence-corrected chi connectivity index (χ1v) is 9.05. The van der Waals surface area contributed by atoms with Gasteiger partial charge in [0.1, 0.15) is 12.3 Å². The van der Waals surface area contributed by atoms with Gasteiger partial charge in [0.05, 0.1) is 13.7 Å². The Balaban J connectivity index is 1.88. The van der Waals surface area contributed by atoms with Gasteiger partial charge in [-0.25, -0.2) is 4.79 Å². The topological polar surface area (TPSA) is 86.3 Å². The van der Waals surface area contributed by atoms with Gasteiger partial charge in [-0.3, -0.25) is 0 Å². The first kappa shape index (κ1) is 18.9. The number of hydrogen-bond donors (Lipinski definition) is 1. The van der Waals surface area contributed by atoms with Gasteiger partial charge in [0.2, 0.25) is 0 Å². The molecule has 0 amide bonds. The molecule has 3 rings (SSSR count). The Morgan fingerprint density at radius 2 is 2.00 bits per heavy atom. The molecule has 2 aromatic carbocycles. The molecule has 0 aliphatic carbocycles. The van der Waals surface area contributed by atoms with Crippen LogP contribution in [-0.4, -0.2) is 35.1 Å². The zero-order valence-electron chi connectivity index (χ0n) is 14.9. The fourth-order valence-electron chi connectivity index (χ4n) is 2.50. The van der Waals surface area contributed by atoms with Crippen molar-refractivity contribution in [3.8, 4) is 22.8 Å². The lowest BCUT2D eigenvalue weighted by Gasteiger charge is -2.12. The number of nitrogens with one attached hydrogen (secondary N) is 1. The van der Waals surface area contributed by atoms with E-state index in [2.05, 4.69) is 31.3 Å². The molecule has 0 atom stereocenters. The summed E-state index contributed by atoms with van der Waals surface area (Å²) in [5, 5.41) is 10.4. The van der Waals surface area contributed by atoms with E-state index in [4.69, 9.17) is 14.2 Å². The lowest BCUT2D eigenvalue weighted by atomic mass is 10.1. The predicted octanol–water partition coefficient (Wildman–Crippen LogP) is 4.00. The Bertz CT molecular complexity index is 942. The van der Waals surface area contributed by atoms with Crippen LogP contribution < -0.4 is 9.47 Å². The van der Waals surface area contributed by atoms with E-state index in [0.717, 1.165) is 10.0 Å². The smallest absolute Gasteiger partial charge is 0.361 e. The second-order valence-electron chi connectivity index (χ2n) is 5.53. The molecule has 1 heterocycles. The maximum Gasteiger partial charge on any atom is 0.361 e. The number of methoxy groups -OCH3 is 1. The second-order valence-corrected chi connectivity index (χ2v) is 6.44. The van der Waals surface area contributed by atoms with Crippen LogP contribution in [0, 0.1) is 0 Å². The fourth-order valence-corrected chi connectivity index (χ4v) is 2.95. The van der Waals surface area contributed by atoms with E-state index in [1.54, 1.807) is 32.2 Å². The molecule has 0 unspecified atom stereocenters. The summed E-state index contributed by atoms with van der Waals surface area (Å²) in [6.45, 7) is 2.36. The average molecular weight is 432 g/mol. The van der Waals surface area contributed by atoms with Gasteiger partial charge in [-0.1, -0.05) is 28.1 Å². The number of H-pyrrole nitrogens is 1. The Labute approximate surface area is 164 Å². The fraction of sp³-hybridized carbons (Fsp3) is 0.211. The number of nitrogens with zero attached hydrogens (tertiary/aromatic N) is 2. The summed E-state index contributed by atoms with van der Waals surface area (Å²) in [5.41, 5.74) is 2.19. The Morgan fingerprint density at radius 3 is 2.74 bits per heavy atom. The highest BCUT2D eigenvalue weighted by Crippen LogP contribution is 2.33. The molecular formula is C19H18BrN3O4. The maximum absolute atomic E-state index is 12.0. The maximum atomic E-state index is 12.0. The third-order valence-electron chi connectivity index (χ3n) is 3.74. The molecule has 27 heavy (non-hydrogen) atoms. The van der Waals surface area contributed by atoms with Crippen molar-refractivity contribution in [1.82, 2.24) is 15.4 Å². The minimum absolute atomic E-state index is 0.125. The minimum Gasteiger partial charge on any atom is -0.493 e. The molecule has 0 radical (unpaired) electrons. The molecule has 1 N–H and O–H groups in total. The molecule has 0 fully saturated rings.